The minimum Gasteiger partial charge on any atom is -0.330 e. The van der Waals surface area contributed by atoms with Crippen LogP contribution in [0.3, 0.4) is 0 Å². The fourth-order valence-electron chi connectivity index (χ4n) is 4.21. The van der Waals surface area contributed by atoms with E-state index in [1.807, 2.05) is 26.0 Å². The highest BCUT2D eigenvalue weighted by atomic mass is 14.5. The molecule has 0 aromatic heterocycles. The molecule has 0 amide bonds. The van der Waals surface area contributed by atoms with Gasteiger partial charge in [0.1, 0.15) is 0 Å². The summed E-state index contributed by atoms with van der Waals surface area (Å²) in [5.41, 5.74) is 20.3. The molecule has 0 unspecified atom stereocenters. The highest BCUT2D eigenvalue weighted by molar-refractivity contribution is 5.80. The summed E-state index contributed by atoms with van der Waals surface area (Å²) in [5.74, 6) is 0.424. The van der Waals surface area contributed by atoms with Gasteiger partial charge >= 0.3 is 0 Å². The number of benzene rings is 4. The van der Waals surface area contributed by atoms with Crippen LogP contribution in [0.2, 0.25) is 0 Å². The standard InChI is InChI=1S/C17H19N.C15H17N.C2H6/c1-13-5-3-7-15(11-13)17(9-10-18)16-8-4-6-14(2)12-16;16-12-11-15(13-7-3-1-4-8-13)14-9-5-2-6-10-14;1-2/h3-9,11-12H,10,18H2,1-2H3;1-10,15H,11-12,16H2;1-2H3. The minimum absolute atomic E-state index is 0.424. The molecule has 0 aliphatic heterocycles. The summed E-state index contributed by atoms with van der Waals surface area (Å²) in [6, 6.07) is 38.2. The van der Waals surface area contributed by atoms with Crippen LogP contribution in [0, 0.1) is 13.8 Å². The van der Waals surface area contributed by atoms with E-state index < -0.39 is 0 Å². The molecule has 0 aliphatic rings. The van der Waals surface area contributed by atoms with Gasteiger partial charge in [0.05, 0.1) is 0 Å². The molecule has 36 heavy (non-hydrogen) atoms. The molecule has 4 aromatic carbocycles. The molecule has 0 heterocycles. The van der Waals surface area contributed by atoms with Crippen LogP contribution in [0.25, 0.3) is 5.57 Å². The van der Waals surface area contributed by atoms with Gasteiger partial charge in [0.15, 0.2) is 0 Å². The van der Waals surface area contributed by atoms with Gasteiger partial charge in [-0.3, -0.25) is 0 Å². The van der Waals surface area contributed by atoms with E-state index in [1.54, 1.807) is 0 Å². The van der Waals surface area contributed by atoms with Gasteiger partial charge < -0.3 is 11.5 Å². The summed E-state index contributed by atoms with van der Waals surface area (Å²) in [6.45, 7) is 9.49. The second-order valence-electron chi connectivity index (χ2n) is 8.54. The molecule has 0 radical (unpaired) electrons. The van der Waals surface area contributed by atoms with Gasteiger partial charge in [0.25, 0.3) is 0 Å². The zero-order valence-electron chi connectivity index (χ0n) is 22.3. The molecule has 0 atom stereocenters. The van der Waals surface area contributed by atoms with Gasteiger partial charge in [-0.25, -0.2) is 0 Å². The lowest BCUT2D eigenvalue weighted by molar-refractivity contribution is 0.726. The quantitative estimate of drug-likeness (QED) is 0.284. The van der Waals surface area contributed by atoms with Crippen LogP contribution in [0.15, 0.2) is 115 Å². The van der Waals surface area contributed by atoms with E-state index in [0.717, 1.165) is 6.42 Å². The van der Waals surface area contributed by atoms with Crippen LogP contribution in [0.1, 0.15) is 59.6 Å². The maximum absolute atomic E-state index is 5.70. The minimum atomic E-state index is 0.424. The highest BCUT2D eigenvalue weighted by Gasteiger charge is 2.12. The summed E-state index contributed by atoms with van der Waals surface area (Å²) in [6.07, 6.45) is 3.08. The first kappa shape index (κ1) is 28.8. The van der Waals surface area contributed by atoms with Gasteiger partial charge in [-0.1, -0.05) is 140 Å². The topological polar surface area (TPSA) is 52.0 Å². The molecule has 0 fully saturated rings. The van der Waals surface area contributed by atoms with Gasteiger partial charge in [0, 0.05) is 12.5 Å². The molecule has 0 aliphatic carbocycles. The lowest BCUT2D eigenvalue weighted by Gasteiger charge is -2.16. The van der Waals surface area contributed by atoms with E-state index in [0.29, 0.717) is 19.0 Å². The molecule has 0 spiro atoms. The van der Waals surface area contributed by atoms with Gasteiger partial charge in [-0.15, -0.1) is 0 Å². The number of hydrogen-bond donors (Lipinski definition) is 2. The first-order valence-corrected chi connectivity index (χ1v) is 13.0. The molecular weight excluding hydrogens is 436 g/mol. The number of aryl methyl sites for hydroxylation is 2. The van der Waals surface area contributed by atoms with E-state index in [-0.39, 0.29) is 0 Å². The summed E-state index contributed by atoms with van der Waals surface area (Å²) >= 11 is 0. The second-order valence-corrected chi connectivity index (χ2v) is 8.54. The van der Waals surface area contributed by atoms with Crippen LogP contribution >= 0.6 is 0 Å². The Labute approximate surface area is 218 Å². The Morgan fingerprint density at radius 2 is 1.08 bits per heavy atom. The SMILES string of the molecule is CC.Cc1cccc(C(=CCN)c2cccc(C)c2)c1.NCCC(c1ccccc1)c1ccccc1. The van der Waals surface area contributed by atoms with Crippen LogP contribution in [0.4, 0.5) is 0 Å². The van der Waals surface area contributed by atoms with E-state index in [9.17, 15) is 0 Å². The molecule has 0 saturated heterocycles. The van der Waals surface area contributed by atoms with E-state index in [1.165, 1.54) is 39.0 Å². The third kappa shape index (κ3) is 8.96. The van der Waals surface area contributed by atoms with Crippen LogP contribution in [-0.4, -0.2) is 13.1 Å². The molecular formula is C34H42N2. The lowest BCUT2D eigenvalue weighted by Crippen LogP contribution is -2.08. The molecule has 0 saturated carbocycles. The Balaban J connectivity index is 0.000000239. The van der Waals surface area contributed by atoms with Crippen molar-refractivity contribution in [3.63, 3.8) is 0 Å². The van der Waals surface area contributed by atoms with E-state index in [2.05, 4.69) is 117 Å². The first-order valence-electron chi connectivity index (χ1n) is 13.0. The fourth-order valence-corrected chi connectivity index (χ4v) is 4.21. The Morgan fingerprint density at radius 3 is 1.44 bits per heavy atom. The van der Waals surface area contributed by atoms with Crippen molar-refractivity contribution >= 4 is 5.57 Å². The molecule has 4 aromatic rings. The molecule has 4 rings (SSSR count). The first-order chi connectivity index (χ1) is 17.6. The summed E-state index contributed by atoms with van der Waals surface area (Å²) in [7, 11) is 0. The van der Waals surface area contributed by atoms with Crippen molar-refractivity contribution in [2.24, 2.45) is 11.5 Å². The highest BCUT2D eigenvalue weighted by Crippen LogP contribution is 2.27. The molecule has 188 valence electrons. The summed E-state index contributed by atoms with van der Waals surface area (Å²) < 4.78 is 0. The summed E-state index contributed by atoms with van der Waals surface area (Å²) in [5, 5.41) is 0. The third-order valence-corrected chi connectivity index (χ3v) is 5.84. The second kappa shape index (κ2) is 16.3. The van der Waals surface area contributed by atoms with E-state index in [4.69, 9.17) is 11.5 Å². The molecule has 2 heteroatoms. The third-order valence-electron chi connectivity index (χ3n) is 5.84. The van der Waals surface area contributed by atoms with Crippen molar-refractivity contribution in [2.75, 3.05) is 13.1 Å². The van der Waals surface area contributed by atoms with Gasteiger partial charge in [0.2, 0.25) is 0 Å². The Bertz CT molecular complexity index is 1080. The van der Waals surface area contributed by atoms with Crippen molar-refractivity contribution in [1.29, 1.82) is 0 Å². The number of nitrogens with two attached hydrogens (primary N) is 2. The van der Waals surface area contributed by atoms with Crippen molar-refractivity contribution in [3.8, 4) is 0 Å². The number of rotatable bonds is 7. The van der Waals surface area contributed by atoms with Gasteiger partial charge in [-0.2, -0.15) is 0 Å². The average Bonchev–Trinajstić information content (AvgIpc) is 2.93. The predicted molar refractivity (Wildman–Crippen MR) is 158 cm³/mol. The largest absolute Gasteiger partial charge is 0.330 e. The number of hydrogen-bond acceptors (Lipinski definition) is 2. The lowest BCUT2D eigenvalue weighted by atomic mass is 9.89. The van der Waals surface area contributed by atoms with E-state index >= 15 is 0 Å². The maximum Gasteiger partial charge on any atom is 0.0116 e. The molecule has 0 bridgehead atoms. The van der Waals surface area contributed by atoms with Crippen molar-refractivity contribution < 1.29 is 0 Å². The molecule has 4 N–H and O–H groups in total. The Morgan fingerprint density at radius 1 is 0.639 bits per heavy atom. The maximum atomic E-state index is 5.70. The zero-order chi connectivity index (χ0) is 26.2. The van der Waals surface area contributed by atoms with Crippen molar-refractivity contribution in [2.45, 2.75) is 40.0 Å². The average molecular weight is 479 g/mol. The fraction of sp³-hybridized carbons (Fsp3) is 0.235. The van der Waals surface area contributed by atoms with Crippen LogP contribution < -0.4 is 11.5 Å². The monoisotopic (exact) mass is 478 g/mol. The van der Waals surface area contributed by atoms with Crippen LogP contribution in [0.5, 0.6) is 0 Å². The normalized spacial score (nSPS) is 9.97. The zero-order valence-corrected chi connectivity index (χ0v) is 22.3. The Hall–Kier alpha value is -3.46. The smallest absolute Gasteiger partial charge is 0.0116 e. The van der Waals surface area contributed by atoms with Crippen molar-refractivity contribution in [3.05, 3.63) is 149 Å². The van der Waals surface area contributed by atoms with Crippen molar-refractivity contribution in [1.82, 2.24) is 0 Å². The Kier molecular flexibility index (Phi) is 13.0. The summed E-state index contributed by atoms with van der Waals surface area (Å²) in [4.78, 5) is 0. The molecule has 2 nitrogen and oxygen atoms in total. The van der Waals surface area contributed by atoms with Crippen LogP contribution in [-0.2, 0) is 0 Å². The predicted octanol–water partition coefficient (Wildman–Crippen LogP) is 7.89. The van der Waals surface area contributed by atoms with Gasteiger partial charge in [-0.05, 0) is 54.6 Å².